The molecule has 0 aromatic heterocycles. The van der Waals surface area contributed by atoms with Crippen LogP contribution in [-0.4, -0.2) is 54.4 Å². The van der Waals surface area contributed by atoms with Crippen LogP contribution in [0.15, 0.2) is 55.1 Å². The summed E-state index contributed by atoms with van der Waals surface area (Å²) in [6.07, 6.45) is 1.66. The van der Waals surface area contributed by atoms with Crippen molar-refractivity contribution in [3.63, 3.8) is 0 Å². The maximum absolute atomic E-state index is 12.7. The van der Waals surface area contributed by atoms with Crippen molar-refractivity contribution in [3.05, 3.63) is 76.3 Å². The maximum atomic E-state index is 12.7. The summed E-state index contributed by atoms with van der Waals surface area (Å²) >= 11 is 12.0. The van der Waals surface area contributed by atoms with Gasteiger partial charge in [-0.2, -0.15) is 0 Å². The molecule has 146 valence electrons. The van der Waals surface area contributed by atoms with Crippen LogP contribution in [0.5, 0.6) is 5.75 Å². The first-order valence-corrected chi connectivity index (χ1v) is 9.62. The highest BCUT2D eigenvalue weighted by atomic mass is 35.5. The van der Waals surface area contributed by atoms with Crippen LogP contribution >= 0.6 is 23.2 Å². The molecule has 5 nitrogen and oxygen atoms in total. The van der Waals surface area contributed by atoms with Crippen LogP contribution in [-0.2, 0) is 0 Å². The van der Waals surface area contributed by atoms with Crippen molar-refractivity contribution < 1.29 is 14.3 Å². The lowest BCUT2D eigenvalue weighted by Gasteiger charge is -2.35. The molecule has 2 aromatic rings. The van der Waals surface area contributed by atoms with E-state index in [0.717, 1.165) is 0 Å². The van der Waals surface area contributed by atoms with Crippen LogP contribution in [0.3, 0.4) is 0 Å². The van der Waals surface area contributed by atoms with Crippen molar-refractivity contribution in [2.24, 2.45) is 0 Å². The number of nitrogens with zero attached hydrogens (tertiary/aromatic N) is 2. The van der Waals surface area contributed by atoms with E-state index >= 15 is 0 Å². The van der Waals surface area contributed by atoms with E-state index in [2.05, 4.69) is 6.58 Å². The highest BCUT2D eigenvalue weighted by molar-refractivity contribution is 6.35. The second-order valence-corrected chi connectivity index (χ2v) is 7.24. The molecule has 7 heteroatoms. The highest BCUT2D eigenvalue weighted by Crippen LogP contribution is 2.21. The molecular formula is C21H20Cl2N2O3. The molecule has 1 fully saturated rings. The molecule has 2 aromatic carbocycles. The summed E-state index contributed by atoms with van der Waals surface area (Å²) in [7, 11) is 0. The molecule has 0 saturated carbocycles. The van der Waals surface area contributed by atoms with Gasteiger partial charge in [0.1, 0.15) is 12.4 Å². The number of halogens is 2. The van der Waals surface area contributed by atoms with E-state index in [9.17, 15) is 9.59 Å². The molecule has 0 atom stereocenters. The SMILES string of the molecule is C=CCOc1ccc(C(=O)N2CCN(C(=O)c3cc(Cl)cc(Cl)c3)CC2)cc1. The van der Waals surface area contributed by atoms with Gasteiger partial charge in [-0.05, 0) is 42.5 Å². The molecule has 0 N–H and O–H groups in total. The van der Waals surface area contributed by atoms with Gasteiger partial charge < -0.3 is 14.5 Å². The van der Waals surface area contributed by atoms with E-state index in [0.29, 0.717) is 59.7 Å². The monoisotopic (exact) mass is 418 g/mol. The molecule has 0 unspecified atom stereocenters. The number of hydrogen-bond acceptors (Lipinski definition) is 3. The minimum Gasteiger partial charge on any atom is -0.490 e. The van der Waals surface area contributed by atoms with Gasteiger partial charge in [0.05, 0.1) is 0 Å². The third-order valence-corrected chi connectivity index (χ3v) is 4.87. The van der Waals surface area contributed by atoms with Crippen LogP contribution in [0.1, 0.15) is 20.7 Å². The van der Waals surface area contributed by atoms with Gasteiger partial charge in [-0.1, -0.05) is 35.9 Å². The molecule has 1 aliphatic rings. The Labute approximate surface area is 174 Å². The third-order valence-electron chi connectivity index (χ3n) is 4.43. The molecule has 1 aliphatic heterocycles. The quantitative estimate of drug-likeness (QED) is 0.684. The van der Waals surface area contributed by atoms with Gasteiger partial charge in [-0.25, -0.2) is 0 Å². The number of carbonyl (C=O) groups excluding carboxylic acids is 2. The third kappa shape index (κ3) is 4.86. The summed E-state index contributed by atoms with van der Waals surface area (Å²) in [4.78, 5) is 28.8. The molecule has 0 aliphatic carbocycles. The smallest absolute Gasteiger partial charge is 0.254 e. The van der Waals surface area contributed by atoms with Crippen molar-refractivity contribution >= 4 is 35.0 Å². The molecule has 0 spiro atoms. The summed E-state index contributed by atoms with van der Waals surface area (Å²) in [6, 6.07) is 11.8. The van der Waals surface area contributed by atoms with Gasteiger partial charge >= 0.3 is 0 Å². The van der Waals surface area contributed by atoms with Crippen molar-refractivity contribution in [2.45, 2.75) is 0 Å². The van der Waals surface area contributed by atoms with E-state index in [1.165, 1.54) is 0 Å². The standard InChI is InChI=1S/C21H20Cl2N2O3/c1-2-11-28-19-5-3-15(4-6-19)20(26)24-7-9-25(10-8-24)21(27)16-12-17(22)14-18(23)13-16/h2-6,12-14H,1,7-11H2. The number of hydrogen-bond donors (Lipinski definition) is 0. The van der Waals surface area contributed by atoms with Crippen molar-refractivity contribution in [1.82, 2.24) is 9.80 Å². The zero-order valence-electron chi connectivity index (χ0n) is 15.2. The Morgan fingerprint density at radius 1 is 0.893 bits per heavy atom. The van der Waals surface area contributed by atoms with E-state index in [4.69, 9.17) is 27.9 Å². The second-order valence-electron chi connectivity index (χ2n) is 6.37. The van der Waals surface area contributed by atoms with Crippen molar-refractivity contribution in [2.75, 3.05) is 32.8 Å². The lowest BCUT2D eigenvalue weighted by Crippen LogP contribution is -2.50. The minimum atomic E-state index is -0.139. The Bertz CT molecular complexity index is 855. The topological polar surface area (TPSA) is 49.9 Å². The maximum Gasteiger partial charge on any atom is 0.254 e. The van der Waals surface area contributed by atoms with Crippen LogP contribution < -0.4 is 4.74 Å². The lowest BCUT2D eigenvalue weighted by molar-refractivity contribution is 0.0535. The van der Waals surface area contributed by atoms with Crippen LogP contribution in [0.2, 0.25) is 10.0 Å². The zero-order chi connectivity index (χ0) is 20.1. The fourth-order valence-electron chi connectivity index (χ4n) is 3.00. The molecule has 0 bridgehead atoms. The summed E-state index contributed by atoms with van der Waals surface area (Å²) in [6.45, 7) is 5.86. The van der Waals surface area contributed by atoms with E-state index in [-0.39, 0.29) is 11.8 Å². The normalized spacial score (nSPS) is 13.9. The zero-order valence-corrected chi connectivity index (χ0v) is 16.7. The predicted octanol–water partition coefficient (Wildman–Crippen LogP) is 4.16. The summed E-state index contributed by atoms with van der Waals surface area (Å²) < 4.78 is 5.43. The Morgan fingerprint density at radius 3 is 1.89 bits per heavy atom. The summed E-state index contributed by atoms with van der Waals surface area (Å²) in [5.41, 5.74) is 1.04. The minimum absolute atomic E-state index is 0.0619. The fourth-order valence-corrected chi connectivity index (χ4v) is 3.53. The average molecular weight is 419 g/mol. The first-order chi connectivity index (χ1) is 13.5. The van der Waals surface area contributed by atoms with Crippen molar-refractivity contribution in [3.8, 4) is 5.75 Å². The summed E-state index contributed by atoms with van der Waals surface area (Å²) in [5.74, 6) is 0.487. The molecule has 3 rings (SSSR count). The predicted molar refractivity (Wildman–Crippen MR) is 110 cm³/mol. The Hall–Kier alpha value is -2.50. The first-order valence-electron chi connectivity index (χ1n) is 8.86. The number of benzene rings is 2. The Kier molecular flexibility index (Phi) is 6.60. The Balaban J connectivity index is 1.59. The highest BCUT2D eigenvalue weighted by Gasteiger charge is 2.25. The first kappa shape index (κ1) is 20.2. The van der Waals surface area contributed by atoms with E-state index < -0.39 is 0 Å². The van der Waals surface area contributed by atoms with E-state index in [1.807, 2.05) is 0 Å². The van der Waals surface area contributed by atoms with Crippen LogP contribution in [0, 0.1) is 0 Å². The lowest BCUT2D eigenvalue weighted by atomic mass is 10.1. The number of rotatable bonds is 5. The number of carbonyl (C=O) groups is 2. The van der Waals surface area contributed by atoms with Gasteiger partial charge in [-0.3, -0.25) is 9.59 Å². The fraction of sp³-hybridized carbons (Fsp3) is 0.238. The molecule has 1 heterocycles. The second kappa shape index (κ2) is 9.13. The van der Waals surface area contributed by atoms with Gasteiger partial charge in [0.25, 0.3) is 11.8 Å². The number of piperazine rings is 1. The molecule has 2 amide bonds. The van der Waals surface area contributed by atoms with Crippen LogP contribution in [0.4, 0.5) is 0 Å². The molecule has 28 heavy (non-hydrogen) atoms. The summed E-state index contributed by atoms with van der Waals surface area (Å²) in [5, 5.41) is 0.843. The van der Waals surface area contributed by atoms with Crippen LogP contribution in [0.25, 0.3) is 0 Å². The molecule has 1 saturated heterocycles. The average Bonchev–Trinajstić information content (AvgIpc) is 2.71. The van der Waals surface area contributed by atoms with Crippen molar-refractivity contribution in [1.29, 1.82) is 0 Å². The van der Waals surface area contributed by atoms with Gasteiger partial charge in [0.2, 0.25) is 0 Å². The molecular weight excluding hydrogens is 399 g/mol. The van der Waals surface area contributed by atoms with Gasteiger partial charge in [0.15, 0.2) is 0 Å². The Morgan fingerprint density at radius 2 is 1.39 bits per heavy atom. The van der Waals surface area contributed by atoms with Gasteiger partial charge in [0, 0.05) is 47.4 Å². The van der Waals surface area contributed by atoms with Gasteiger partial charge in [-0.15, -0.1) is 0 Å². The van der Waals surface area contributed by atoms with E-state index in [1.54, 1.807) is 58.3 Å². The number of ether oxygens (including phenoxy) is 1. The largest absolute Gasteiger partial charge is 0.490 e. The molecule has 0 radical (unpaired) electrons. The number of amides is 2.